The van der Waals surface area contributed by atoms with Crippen molar-refractivity contribution in [1.29, 1.82) is 0 Å². The summed E-state index contributed by atoms with van der Waals surface area (Å²) in [6.07, 6.45) is 0. The van der Waals surface area contributed by atoms with Crippen LogP contribution in [0.3, 0.4) is 0 Å². The Morgan fingerprint density at radius 1 is 0.538 bits per heavy atom. The number of aromatic nitrogens is 1. The van der Waals surface area contributed by atoms with Gasteiger partial charge in [-0.05, 0) is 70.6 Å². The highest BCUT2D eigenvalue weighted by molar-refractivity contribution is 6.21. The Morgan fingerprint density at radius 3 is 1.36 bits per heavy atom. The van der Waals surface area contributed by atoms with E-state index in [9.17, 15) is 0 Å². The summed E-state index contributed by atoms with van der Waals surface area (Å²) in [5.41, 5.74) is 9.89. The molecule has 0 radical (unpaired) electrons. The van der Waals surface area contributed by atoms with Gasteiger partial charge in [-0.15, -0.1) is 0 Å². The number of methoxy groups -OCH3 is 2. The SMILES string of the molecule is COc1ccc(-c2cc3cc(C(C)(C)C)cc4cc(-c5ccc(OC)cc5)c5c6ccccc6c2n5c34)cc1. The zero-order valence-electron chi connectivity index (χ0n) is 23.0. The third kappa shape index (κ3) is 3.57. The van der Waals surface area contributed by atoms with Gasteiger partial charge >= 0.3 is 0 Å². The van der Waals surface area contributed by atoms with Gasteiger partial charge in [0.05, 0.1) is 30.8 Å². The van der Waals surface area contributed by atoms with Crippen molar-refractivity contribution in [2.75, 3.05) is 14.2 Å². The van der Waals surface area contributed by atoms with Gasteiger partial charge in [-0.2, -0.15) is 0 Å². The fourth-order valence-electron chi connectivity index (χ4n) is 6.02. The standard InChI is InChI=1S/C36H31NO2/c1-36(2,3)26-18-24-20-31(22-10-14-27(38-4)15-11-22)34-29-8-6-7-9-30(29)35-32(21-25(19-26)33(24)37(34)35)23-12-16-28(39-5)17-13-23/h6-21H,1-5H3. The van der Waals surface area contributed by atoms with Gasteiger partial charge in [0.1, 0.15) is 11.5 Å². The smallest absolute Gasteiger partial charge is 0.118 e. The molecule has 0 amide bonds. The number of pyridine rings is 2. The number of benzene rings is 4. The Labute approximate surface area is 228 Å². The summed E-state index contributed by atoms with van der Waals surface area (Å²) in [5.74, 6) is 1.72. The molecule has 39 heavy (non-hydrogen) atoms. The third-order valence-electron chi connectivity index (χ3n) is 8.05. The van der Waals surface area contributed by atoms with Gasteiger partial charge in [0.2, 0.25) is 0 Å². The Hall–Kier alpha value is -4.50. The van der Waals surface area contributed by atoms with Crippen LogP contribution in [0, 0.1) is 0 Å². The first-order chi connectivity index (χ1) is 18.9. The van der Waals surface area contributed by atoms with E-state index in [-0.39, 0.29) is 5.41 Å². The molecule has 7 aromatic rings. The normalized spacial score (nSPS) is 12.2. The summed E-state index contributed by atoms with van der Waals surface area (Å²) in [4.78, 5) is 0. The molecule has 4 aromatic carbocycles. The van der Waals surface area contributed by atoms with E-state index in [0.29, 0.717) is 0 Å². The molecule has 7 rings (SSSR count). The maximum absolute atomic E-state index is 5.47. The van der Waals surface area contributed by atoms with Crippen molar-refractivity contribution in [2.45, 2.75) is 26.2 Å². The van der Waals surface area contributed by atoms with Gasteiger partial charge < -0.3 is 13.9 Å². The van der Waals surface area contributed by atoms with E-state index in [1.54, 1.807) is 14.2 Å². The number of nitrogens with zero attached hydrogens (tertiary/aromatic N) is 1. The third-order valence-corrected chi connectivity index (χ3v) is 8.05. The molecule has 0 saturated heterocycles. The van der Waals surface area contributed by atoms with E-state index in [2.05, 4.69) is 98.0 Å². The first-order valence-corrected chi connectivity index (χ1v) is 13.4. The predicted octanol–water partition coefficient (Wildman–Crippen LogP) is 9.49. The van der Waals surface area contributed by atoms with Crippen LogP contribution in [0.5, 0.6) is 11.5 Å². The topological polar surface area (TPSA) is 22.9 Å². The molecular weight excluding hydrogens is 478 g/mol. The van der Waals surface area contributed by atoms with Crippen molar-refractivity contribution >= 4 is 38.1 Å². The molecule has 0 aliphatic rings. The Morgan fingerprint density at radius 2 is 0.974 bits per heavy atom. The van der Waals surface area contributed by atoms with Crippen LogP contribution < -0.4 is 9.47 Å². The lowest BCUT2D eigenvalue weighted by Crippen LogP contribution is -2.11. The van der Waals surface area contributed by atoms with Gasteiger partial charge in [-0.3, -0.25) is 0 Å². The maximum Gasteiger partial charge on any atom is 0.118 e. The second-order valence-corrected chi connectivity index (χ2v) is 11.4. The minimum atomic E-state index is 0.0235. The van der Waals surface area contributed by atoms with Crippen LogP contribution in [-0.2, 0) is 5.41 Å². The summed E-state index contributed by atoms with van der Waals surface area (Å²) in [5, 5.41) is 5.02. The summed E-state index contributed by atoms with van der Waals surface area (Å²) >= 11 is 0. The highest BCUT2D eigenvalue weighted by Crippen LogP contribution is 2.45. The van der Waals surface area contributed by atoms with Crippen molar-refractivity contribution in [2.24, 2.45) is 0 Å². The van der Waals surface area contributed by atoms with Crippen LogP contribution in [0.15, 0.2) is 97.1 Å². The Balaban J connectivity index is 1.70. The molecule has 0 atom stereocenters. The van der Waals surface area contributed by atoms with E-state index in [4.69, 9.17) is 9.47 Å². The van der Waals surface area contributed by atoms with Crippen LogP contribution in [0.4, 0.5) is 0 Å². The maximum atomic E-state index is 5.47. The van der Waals surface area contributed by atoms with Crippen LogP contribution >= 0.6 is 0 Å². The average molecular weight is 510 g/mol. The fraction of sp³-hybridized carbons (Fsp3) is 0.167. The summed E-state index contributed by atoms with van der Waals surface area (Å²) in [7, 11) is 3.43. The van der Waals surface area contributed by atoms with Crippen LogP contribution in [-0.4, -0.2) is 18.6 Å². The largest absolute Gasteiger partial charge is 0.497 e. The van der Waals surface area contributed by atoms with E-state index >= 15 is 0 Å². The highest BCUT2D eigenvalue weighted by Gasteiger charge is 2.23. The average Bonchev–Trinajstić information content (AvgIpc) is 3.31. The summed E-state index contributed by atoms with van der Waals surface area (Å²) in [6, 6.07) is 35.2. The molecule has 192 valence electrons. The Kier molecular flexibility index (Phi) is 5.15. The molecule has 3 heterocycles. The van der Waals surface area contributed by atoms with Gasteiger partial charge in [-0.1, -0.05) is 69.3 Å². The van der Waals surface area contributed by atoms with Crippen LogP contribution in [0.2, 0.25) is 0 Å². The first kappa shape index (κ1) is 23.6. The molecule has 0 aliphatic carbocycles. The fourth-order valence-corrected chi connectivity index (χ4v) is 6.02. The van der Waals surface area contributed by atoms with Gasteiger partial charge in [0, 0.05) is 32.7 Å². The van der Waals surface area contributed by atoms with Crippen LogP contribution in [0.25, 0.3) is 60.3 Å². The molecule has 0 fully saturated rings. The lowest BCUT2D eigenvalue weighted by Gasteiger charge is -2.23. The predicted molar refractivity (Wildman–Crippen MR) is 164 cm³/mol. The molecule has 3 nitrogen and oxygen atoms in total. The number of hydrogen-bond donors (Lipinski definition) is 0. The molecule has 0 N–H and O–H groups in total. The molecule has 0 spiro atoms. The van der Waals surface area contributed by atoms with Crippen LogP contribution in [0.1, 0.15) is 26.3 Å². The van der Waals surface area contributed by atoms with Gasteiger partial charge in [0.25, 0.3) is 0 Å². The second kappa shape index (κ2) is 8.51. The van der Waals surface area contributed by atoms with Gasteiger partial charge in [-0.25, -0.2) is 0 Å². The van der Waals surface area contributed by atoms with E-state index in [1.807, 2.05) is 24.3 Å². The quantitative estimate of drug-likeness (QED) is 0.236. The zero-order valence-corrected chi connectivity index (χ0v) is 23.0. The lowest BCUT2D eigenvalue weighted by molar-refractivity contribution is 0.415. The van der Waals surface area contributed by atoms with E-state index < -0.39 is 0 Å². The molecule has 3 aromatic heterocycles. The van der Waals surface area contributed by atoms with Gasteiger partial charge in [0.15, 0.2) is 0 Å². The van der Waals surface area contributed by atoms with E-state index in [1.165, 1.54) is 65.9 Å². The van der Waals surface area contributed by atoms with Crippen molar-refractivity contribution < 1.29 is 9.47 Å². The lowest BCUT2D eigenvalue weighted by atomic mass is 9.84. The molecule has 0 unspecified atom stereocenters. The minimum Gasteiger partial charge on any atom is -0.497 e. The molecule has 3 heteroatoms. The Bertz CT molecular complexity index is 1850. The number of fused-ring (bicyclic) bond motifs is 3. The first-order valence-electron chi connectivity index (χ1n) is 13.4. The molecular formula is C36H31NO2. The van der Waals surface area contributed by atoms with Crippen molar-refractivity contribution in [1.82, 2.24) is 4.40 Å². The number of ether oxygens (including phenoxy) is 2. The molecule has 0 bridgehead atoms. The zero-order chi connectivity index (χ0) is 26.9. The number of rotatable bonds is 4. The monoisotopic (exact) mass is 509 g/mol. The summed E-state index contributed by atoms with van der Waals surface area (Å²) < 4.78 is 13.5. The number of hydrogen-bond acceptors (Lipinski definition) is 2. The van der Waals surface area contributed by atoms with Crippen molar-refractivity contribution in [3.05, 3.63) is 103 Å². The highest BCUT2D eigenvalue weighted by atomic mass is 16.5. The molecule has 0 aliphatic heterocycles. The minimum absolute atomic E-state index is 0.0235. The van der Waals surface area contributed by atoms with Crippen molar-refractivity contribution in [3.63, 3.8) is 0 Å². The summed E-state index contributed by atoms with van der Waals surface area (Å²) in [6.45, 7) is 6.86. The van der Waals surface area contributed by atoms with E-state index in [0.717, 1.165) is 11.5 Å². The molecule has 0 saturated carbocycles. The second-order valence-electron chi connectivity index (χ2n) is 11.4. The van der Waals surface area contributed by atoms with Crippen molar-refractivity contribution in [3.8, 4) is 33.8 Å².